The maximum atomic E-state index is 12.0. The minimum absolute atomic E-state index is 0.0506. The highest BCUT2D eigenvalue weighted by Gasteiger charge is 2.41. The molecule has 0 aliphatic heterocycles. The topological polar surface area (TPSA) is 108 Å². The zero-order chi connectivity index (χ0) is 13.9. The summed E-state index contributed by atoms with van der Waals surface area (Å²) in [7, 11) is 0. The Morgan fingerprint density at radius 2 is 2.21 bits per heavy atom. The van der Waals surface area contributed by atoms with E-state index in [0.29, 0.717) is 18.7 Å². The number of carboxylic acids is 1. The number of rotatable bonds is 6. The lowest BCUT2D eigenvalue weighted by Crippen LogP contribution is -2.54. The quantitative estimate of drug-likeness (QED) is 0.708. The first-order valence-corrected chi connectivity index (χ1v) is 6.50. The number of carbonyl (C=O) groups is 2. The average molecular weight is 266 g/mol. The number of H-pyrrole nitrogens is 1. The number of nitrogens with zero attached hydrogens (tertiary/aromatic N) is 2. The monoisotopic (exact) mass is 266 g/mol. The summed E-state index contributed by atoms with van der Waals surface area (Å²) in [6.45, 7) is 2.01. The molecule has 0 saturated heterocycles. The molecule has 104 valence electrons. The molecule has 19 heavy (non-hydrogen) atoms. The zero-order valence-corrected chi connectivity index (χ0v) is 10.9. The van der Waals surface area contributed by atoms with Crippen LogP contribution in [0.5, 0.6) is 0 Å². The van der Waals surface area contributed by atoms with Crippen LogP contribution in [-0.2, 0) is 11.2 Å². The number of hydrogen-bond donors (Lipinski definition) is 3. The normalized spacial score (nSPS) is 16.7. The number of carboxylic acid groups (broad SMARTS) is 1. The molecular formula is C12H18N4O3. The van der Waals surface area contributed by atoms with Gasteiger partial charge in [0.15, 0.2) is 0 Å². The Kier molecular flexibility index (Phi) is 3.82. The van der Waals surface area contributed by atoms with Crippen molar-refractivity contribution in [2.24, 2.45) is 0 Å². The van der Waals surface area contributed by atoms with Gasteiger partial charge in [-0.2, -0.15) is 0 Å². The predicted octanol–water partition coefficient (Wildman–Crippen LogP) is 0.884. The molecule has 0 atom stereocenters. The van der Waals surface area contributed by atoms with E-state index >= 15 is 0 Å². The van der Waals surface area contributed by atoms with E-state index in [-0.39, 0.29) is 12.2 Å². The van der Waals surface area contributed by atoms with E-state index < -0.39 is 17.4 Å². The standard InChI is InChI=1S/C12H18N4O3/c1-2-4-8-13-10(16-15-8)11(19)14-12(5-3-6-12)7-9(17)18/h2-7H2,1H3,(H,14,19)(H,17,18)(H,13,15,16). The molecular weight excluding hydrogens is 248 g/mol. The molecule has 1 heterocycles. The second-order valence-electron chi connectivity index (χ2n) is 5.01. The first-order chi connectivity index (χ1) is 9.04. The van der Waals surface area contributed by atoms with Gasteiger partial charge >= 0.3 is 5.97 Å². The van der Waals surface area contributed by atoms with Crippen molar-refractivity contribution in [2.45, 2.75) is 51.0 Å². The molecule has 0 spiro atoms. The van der Waals surface area contributed by atoms with Crippen LogP contribution in [0.25, 0.3) is 0 Å². The van der Waals surface area contributed by atoms with E-state index in [2.05, 4.69) is 20.5 Å². The fourth-order valence-corrected chi connectivity index (χ4v) is 2.28. The third-order valence-corrected chi connectivity index (χ3v) is 3.40. The second kappa shape index (κ2) is 5.38. The van der Waals surface area contributed by atoms with Gasteiger partial charge in [-0.15, -0.1) is 5.10 Å². The molecule has 0 aromatic carbocycles. The van der Waals surface area contributed by atoms with Crippen LogP contribution in [0.1, 0.15) is 55.5 Å². The van der Waals surface area contributed by atoms with Crippen molar-refractivity contribution < 1.29 is 14.7 Å². The molecule has 1 fully saturated rings. The van der Waals surface area contributed by atoms with Gasteiger partial charge in [-0.25, -0.2) is 4.98 Å². The Labute approximate surface area is 110 Å². The highest BCUT2D eigenvalue weighted by molar-refractivity contribution is 5.91. The molecule has 1 aromatic rings. The Hall–Kier alpha value is -1.92. The average Bonchev–Trinajstić information content (AvgIpc) is 2.74. The van der Waals surface area contributed by atoms with Crippen molar-refractivity contribution in [1.82, 2.24) is 20.5 Å². The van der Waals surface area contributed by atoms with Gasteiger partial charge in [-0.3, -0.25) is 14.7 Å². The van der Waals surface area contributed by atoms with Gasteiger partial charge in [-0.05, 0) is 25.7 Å². The van der Waals surface area contributed by atoms with Crippen molar-refractivity contribution in [3.63, 3.8) is 0 Å². The van der Waals surface area contributed by atoms with E-state index in [4.69, 9.17) is 5.11 Å². The molecule has 0 bridgehead atoms. The maximum Gasteiger partial charge on any atom is 0.305 e. The van der Waals surface area contributed by atoms with E-state index in [1.165, 1.54) is 0 Å². The molecule has 3 N–H and O–H groups in total. The van der Waals surface area contributed by atoms with E-state index in [9.17, 15) is 9.59 Å². The number of carbonyl (C=O) groups excluding carboxylic acids is 1. The van der Waals surface area contributed by atoms with Crippen LogP contribution < -0.4 is 5.32 Å². The summed E-state index contributed by atoms with van der Waals surface area (Å²) < 4.78 is 0. The van der Waals surface area contributed by atoms with Gasteiger partial charge in [0.1, 0.15) is 5.82 Å². The Morgan fingerprint density at radius 1 is 1.47 bits per heavy atom. The summed E-state index contributed by atoms with van der Waals surface area (Å²) in [4.78, 5) is 26.9. The summed E-state index contributed by atoms with van der Waals surface area (Å²) in [6, 6.07) is 0. The largest absolute Gasteiger partial charge is 0.481 e. The minimum Gasteiger partial charge on any atom is -0.481 e. The highest BCUT2D eigenvalue weighted by atomic mass is 16.4. The fourth-order valence-electron chi connectivity index (χ4n) is 2.28. The summed E-state index contributed by atoms with van der Waals surface area (Å²) in [6.07, 6.45) is 3.92. The van der Waals surface area contributed by atoms with Crippen molar-refractivity contribution in [3.05, 3.63) is 11.6 Å². The number of aryl methyl sites for hydroxylation is 1. The van der Waals surface area contributed by atoms with Crippen LogP contribution in [0.2, 0.25) is 0 Å². The second-order valence-corrected chi connectivity index (χ2v) is 5.01. The van der Waals surface area contributed by atoms with Crippen LogP contribution in [0.4, 0.5) is 0 Å². The number of aromatic nitrogens is 3. The van der Waals surface area contributed by atoms with Crippen molar-refractivity contribution >= 4 is 11.9 Å². The first kappa shape index (κ1) is 13.5. The Bertz CT molecular complexity index is 479. The maximum absolute atomic E-state index is 12.0. The molecule has 0 unspecified atom stereocenters. The van der Waals surface area contributed by atoms with E-state index in [1.54, 1.807) is 0 Å². The molecule has 1 saturated carbocycles. The van der Waals surface area contributed by atoms with Crippen molar-refractivity contribution in [1.29, 1.82) is 0 Å². The minimum atomic E-state index is -0.901. The molecule has 7 nitrogen and oxygen atoms in total. The highest BCUT2D eigenvalue weighted by Crippen LogP contribution is 2.35. The molecule has 1 aliphatic carbocycles. The van der Waals surface area contributed by atoms with Crippen molar-refractivity contribution in [2.75, 3.05) is 0 Å². The number of nitrogens with one attached hydrogen (secondary N) is 2. The van der Waals surface area contributed by atoms with Gasteiger partial charge in [0.2, 0.25) is 5.82 Å². The molecule has 1 aromatic heterocycles. The summed E-state index contributed by atoms with van der Waals surface area (Å²) in [5.41, 5.74) is -0.617. The fraction of sp³-hybridized carbons (Fsp3) is 0.667. The lowest BCUT2D eigenvalue weighted by Gasteiger charge is -2.41. The third-order valence-electron chi connectivity index (χ3n) is 3.40. The SMILES string of the molecule is CCCc1nc(C(=O)NC2(CC(=O)O)CCC2)n[nH]1. The number of aromatic amines is 1. The molecule has 1 amide bonds. The van der Waals surface area contributed by atoms with Crippen LogP contribution in [-0.4, -0.2) is 37.7 Å². The van der Waals surface area contributed by atoms with Gasteiger partial charge < -0.3 is 10.4 Å². The first-order valence-electron chi connectivity index (χ1n) is 6.50. The molecule has 2 rings (SSSR count). The smallest absolute Gasteiger partial charge is 0.305 e. The van der Waals surface area contributed by atoms with Gasteiger partial charge in [-0.1, -0.05) is 6.92 Å². The summed E-state index contributed by atoms with van der Waals surface area (Å²) in [5, 5.41) is 18.2. The van der Waals surface area contributed by atoms with Crippen LogP contribution in [0, 0.1) is 0 Å². The number of hydrogen-bond acceptors (Lipinski definition) is 4. The summed E-state index contributed by atoms with van der Waals surface area (Å²) >= 11 is 0. The van der Waals surface area contributed by atoms with Gasteiger partial charge in [0.05, 0.1) is 12.0 Å². The Balaban J connectivity index is 2.00. The zero-order valence-electron chi connectivity index (χ0n) is 10.9. The van der Waals surface area contributed by atoms with Crippen molar-refractivity contribution in [3.8, 4) is 0 Å². The lowest BCUT2D eigenvalue weighted by atomic mass is 9.74. The molecule has 7 heteroatoms. The summed E-state index contributed by atoms with van der Waals surface area (Å²) in [5.74, 6) is -0.546. The van der Waals surface area contributed by atoms with E-state index in [1.807, 2.05) is 6.92 Å². The number of amides is 1. The van der Waals surface area contributed by atoms with Gasteiger partial charge in [0, 0.05) is 6.42 Å². The third kappa shape index (κ3) is 3.10. The van der Waals surface area contributed by atoms with Crippen LogP contribution in [0.15, 0.2) is 0 Å². The molecule has 0 radical (unpaired) electrons. The van der Waals surface area contributed by atoms with Crippen LogP contribution >= 0.6 is 0 Å². The lowest BCUT2D eigenvalue weighted by molar-refractivity contribution is -0.139. The Morgan fingerprint density at radius 3 is 2.74 bits per heavy atom. The van der Waals surface area contributed by atoms with Crippen LogP contribution in [0.3, 0.4) is 0 Å². The molecule has 1 aliphatic rings. The predicted molar refractivity (Wildman–Crippen MR) is 66.7 cm³/mol. The van der Waals surface area contributed by atoms with E-state index in [0.717, 1.165) is 19.3 Å². The number of aliphatic carboxylic acids is 1. The van der Waals surface area contributed by atoms with Gasteiger partial charge in [0.25, 0.3) is 5.91 Å².